The van der Waals surface area contributed by atoms with Crippen molar-refractivity contribution in [2.24, 2.45) is 0 Å². The van der Waals surface area contributed by atoms with Gasteiger partial charge in [0.25, 0.3) is 0 Å². The lowest BCUT2D eigenvalue weighted by atomic mass is 10.0. The average Bonchev–Trinajstić information content (AvgIpc) is 1.65. The molecule has 0 amide bonds. The third kappa shape index (κ3) is 30.0. The zero-order valence-electron chi connectivity index (χ0n) is 84.5. The van der Waals surface area contributed by atoms with E-state index in [-0.39, 0.29) is 152 Å². The summed E-state index contributed by atoms with van der Waals surface area (Å²) in [7, 11) is 0. The van der Waals surface area contributed by atoms with Crippen LogP contribution < -0.4 is 47.7 Å². The van der Waals surface area contributed by atoms with Crippen LogP contribution in [0.4, 0.5) is 61.6 Å². The number of halogens is 6. The fraction of sp³-hybridized carbons (Fsp3) is 0.500. The second-order valence-electron chi connectivity index (χ2n) is 37.2. The van der Waals surface area contributed by atoms with Crippen molar-refractivity contribution in [3.05, 3.63) is 211 Å². The summed E-state index contributed by atoms with van der Waals surface area (Å²) >= 11 is 0. The monoisotopic (exact) mass is 2000 g/mol. The molecule has 3 aromatic carbocycles. The van der Waals surface area contributed by atoms with E-state index in [4.69, 9.17) is 47.6 Å². The predicted octanol–water partition coefficient (Wildman–Crippen LogP) is 13.8. The second-order valence-corrected chi connectivity index (χ2v) is 37.2. The Kier molecular flexibility index (Phi) is 37.9. The number of carbonyl (C=O) groups excluding carboxylic acids is 3. The Morgan fingerprint density at radius 3 is 0.917 bits per heavy atom. The molecule has 9 heterocycles. The van der Waals surface area contributed by atoms with E-state index >= 15 is 0 Å². The van der Waals surface area contributed by atoms with Gasteiger partial charge in [0.05, 0.1) is 139 Å². The number of nitrogens with one attached hydrogen (secondary N) is 3. The quantitative estimate of drug-likeness (QED) is 0.0138. The molecule has 36 nitrogen and oxygen atoms in total. The largest absolute Gasteiger partial charge is 0.458 e. The molecule has 12 aromatic rings. The molecule has 1 unspecified atom stereocenters. The van der Waals surface area contributed by atoms with E-state index in [1.165, 1.54) is 22.8 Å². The molecule has 0 radical (unpaired) electrons. The van der Waals surface area contributed by atoms with Crippen molar-refractivity contribution in [1.82, 2.24) is 72.3 Å². The maximum absolute atomic E-state index is 14.6. The van der Waals surface area contributed by atoms with Crippen molar-refractivity contribution in [2.45, 2.75) is 222 Å². The number of benzene rings is 3. The van der Waals surface area contributed by atoms with E-state index in [2.05, 4.69) is 55.8 Å². The van der Waals surface area contributed by atoms with Crippen LogP contribution in [0.1, 0.15) is 144 Å². The van der Waals surface area contributed by atoms with Gasteiger partial charge in [0.15, 0.2) is 16.9 Å². The number of hydrogen-bond donors (Lipinski definition) is 3. The molecule has 0 fully saturated rings. The number of rotatable bonds is 53. The van der Waals surface area contributed by atoms with Gasteiger partial charge in [0, 0.05) is 112 Å². The van der Waals surface area contributed by atoms with Gasteiger partial charge in [-0.15, -0.1) is 0 Å². The van der Waals surface area contributed by atoms with Crippen LogP contribution in [-0.2, 0) is 115 Å². The molecule has 0 spiro atoms. The number of imidazole rings is 3. The molecule has 0 saturated carbocycles. The number of aromatic nitrogens is 15. The summed E-state index contributed by atoms with van der Waals surface area (Å²) in [5, 5.41) is 9.37. The molecule has 12 rings (SSSR count). The average molecular weight is 2010 g/mol. The molecule has 0 aliphatic heterocycles. The highest BCUT2D eigenvalue weighted by molar-refractivity contribution is 5.83. The number of aryl methyl sites for hydroxylation is 1. The van der Waals surface area contributed by atoms with Crippen molar-refractivity contribution >= 4 is 86.7 Å². The summed E-state index contributed by atoms with van der Waals surface area (Å²) in [5.41, 5.74) is 2.60. The zero-order valence-corrected chi connectivity index (χ0v) is 84.5. The van der Waals surface area contributed by atoms with Crippen LogP contribution in [0.15, 0.2) is 161 Å². The van der Waals surface area contributed by atoms with Crippen LogP contribution in [-0.4, -0.2) is 255 Å². The van der Waals surface area contributed by atoms with Gasteiger partial charge in [-0.1, -0.05) is 43.3 Å². The van der Waals surface area contributed by atoms with E-state index < -0.39 is 95.5 Å². The van der Waals surface area contributed by atoms with Gasteiger partial charge >= 0.3 is 47.3 Å². The van der Waals surface area contributed by atoms with Gasteiger partial charge in [0.2, 0.25) is 17.8 Å². The second kappa shape index (κ2) is 49.8. The van der Waals surface area contributed by atoms with E-state index in [9.17, 15) is 55.1 Å². The van der Waals surface area contributed by atoms with E-state index in [0.29, 0.717) is 119 Å². The van der Waals surface area contributed by atoms with Crippen molar-refractivity contribution in [2.75, 3.05) is 143 Å². The number of anilines is 6. The van der Waals surface area contributed by atoms with E-state index in [0.717, 1.165) is 23.5 Å². The molecular weight excluding hydrogens is 1870 g/mol. The van der Waals surface area contributed by atoms with Gasteiger partial charge in [-0.05, 0) is 200 Å². The summed E-state index contributed by atoms with van der Waals surface area (Å²) in [4.78, 5) is 132. The number of ether oxygens (including phenoxy) is 9. The first-order valence-corrected chi connectivity index (χ1v) is 48.6. The van der Waals surface area contributed by atoms with Gasteiger partial charge in [-0.3, -0.25) is 13.7 Å². The number of carbonyl (C=O) groups is 3. The van der Waals surface area contributed by atoms with Gasteiger partial charge < -0.3 is 73.3 Å². The lowest BCUT2D eigenvalue weighted by Crippen LogP contribution is -2.39. The topological polar surface area (TPSA) is 377 Å². The Labute approximate surface area is 831 Å². The number of nitrogens with zero attached hydrogens (tertiary/aromatic N) is 18. The minimum Gasteiger partial charge on any atom is -0.458 e. The highest BCUT2D eigenvalue weighted by atomic mass is 19.4. The third-order valence-electron chi connectivity index (χ3n) is 23.1. The Bertz CT molecular complexity index is 6430. The molecule has 3 N–H and O–H groups in total. The Morgan fingerprint density at radius 1 is 0.361 bits per heavy atom. The SMILES string of the molecule is CCc1cnc(N(CC)CC)nc1N[C@@H](Cc1ccc(-n2c(=O)n(CCOCCOCC(COCCOCCn3c(=O)n(-c4ccc(C[C@H](Nc5nc(N(CC)CC)ncc5CC(F)(F)F)C(=O)OC(C)(C)C)cc4)c4ncccc43)OCCOCCn3c(=O)n(-c4ccc(C[C@H](Nc5nc(N(CC)CC)ncc5CC(F)(F)F)C(=O)OC(C)(C)C)cc4)c4ncccc43)c3cccnc32)cc1)C(=O)OC(C)(C)C. The minimum absolute atomic E-state index is 0.0370. The third-order valence-corrected chi connectivity index (χ3v) is 23.1. The molecule has 9 aromatic heterocycles. The zero-order chi connectivity index (χ0) is 104. The molecule has 42 heteroatoms. The summed E-state index contributed by atoms with van der Waals surface area (Å²) in [6.45, 7) is 33.7. The Morgan fingerprint density at radius 2 is 0.639 bits per heavy atom. The first-order chi connectivity index (χ1) is 68.7. The Hall–Kier alpha value is -13.3. The van der Waals surface area contributed by atoms with Gasteiger partial charge in [-0.25, -0.2) is 72.4 Å². The van der Waals surface area contributed by atoms with Gasteiger partial charge in [0.1, 0.15) is 58.5 Å². The summed E-state index contributed by atoms with van der Waals surface area (Å²) < 4.78 is 148. The van der Waals surface area contributed by atoms with Crippen LogP contribution in [0.5, 0.6) is 0 Å². The minimum atomic E-state index is -4.61. The number of fused-ring (bicyclic) bond motifs is 3. The van der Waals surface area contributed by atoms with Crippen molar-refractivity contribution < 1.29 is 83.4 Å². The Balaban J connectivity index is 0.691. The van der Waals surface area contributed by atoms with Crippen LogP contribution in [0, 0.1) is 0 Å². The molecule has 776 valence electrons. The van der Waals surface area contributed by atoms with E-state index in [1.54, 1.807) is 160 Å². The fourth-order valence-electron chi connectivity index (χ4n) is 16.2. The smallest absolute Gasteiger partial charge is 0.393 e. The number of pyridine rings is 3. The van der Waals surface area contributed by atoms with E-state index in [1.807, 2.05) is 104 Å². The highest BCUT2D eigenvalue weighted by Gasteiger charge is 2.37. The molecular formula is C102H131F6N21O15. The summed E-state index contributed by atoms with van der Waals surface area (Å²) in [6, 6.07) is 28.2. The van der Waals surface area contributed by atoms with Crippen LogP contribution in [0.25, 0.3) is 50.6 Å². The highest BCUT2D eigenvalue weighted by Crippen LogP contribution is 2.33. The van der Waals surface area contributed by atoms with Gasteiger partial charge in [-0.2, -0.15) is 41.3 Å². The summed E-state index contributed by atoms with van der Waals surface area (Å²) in [6.07, 6.45) is -3.05. The van der Waals surface area contributed by atoms with Crippen LogP contribution in [0.3, 0.4) is 0 Å². The molecule has 0 bridgehead atoms. The number of hydrogen-bond acceptors (Lipinski definition) is 30. The number of esters is 3. The fourth-order valence-corrected chi connectivity index (χ4v) is 16.2. The molecule has 0 aliphatic carbocycles. The lowest BCUT2D eigenvalue weighted by molar-refractivity contribution is -0.156. The van der Waals surface area contributed by atoms with Crippen molar-refractivity contribution in [3.63, 3.8) is 0 Å². The normalized spacial score (nSPS) is 13.0. The molecule has 144 heavy (non-hydrogen) atoms. The lowest BCUT2D eigenvalue weighted by Gasteiger charge is -2.26. The number of alkyl halides is 6. The maximum atomic E-state index is 14.6. The standard InChI is InChI=1S/C102H131F6N21O15/c1-17-70-62-112-92(121(18-2)19-3)118-83(70)115-77(89(130)142-98(8,9)10)57-67-30-36-73(37-31-67)127-86-80(27-24-42-109-86)124(95(127)133)45-48-136-51-53-139-65-76(141-56-55-138-50-47-126-82-29-26-44-111-88(82)129(97(126)135)75-40-34-69(35-41-75)59-79(91(132)144-100(14,15)16)117-85-72(61-102(106,107)108)64-114-94(120-85)123(22-6)23-7)66-140-54-52-137-49-46-125-81-28-25-43-110-87(81)128(96(125)134)74-38-32-68(33-39-74)58-78(90(131)143-99(11,12)13)116-84-71(60-101(103,104)105)63-113-93(119-84)122(20-4)21-5/h24-44,62-64,76-79H,17-23,45-61,65-66H2,1-16H3,(H,112,115,118)(H,113,116,119)(H,114,117,120)/t76?,77-,78-,79-/m0/s1. The van der Waals surface area contributed by atoms with Crippen LogP contribution >= 0.6 is 0 Å². The molecule has 0 aliphatic rings. The van der Waals surface area contributed by atoms with Crippen molar-refractivity contribution in [1.29, 1.82) is 0 Å². The predicted molar refractivity (Wildman–Crippen MR) is 536 cm³/mol. The molecule has 4 atom stereocenters. The first-order valence-electron chi connectivity index (χ1n) is 48.6. The maximum Gasteiger partial charge on any atom is 0.393 e. The molecule has 0 saturated heterocycles. The van der Waals surface area contributed by atoms with Crippen LogP contribution in [0.2, 0.25) is 0 Å². The van der Waals surface area contributed by atoms with Crippen molar-refractivity contribution in [3.8, 4) is 17.1 Å². The first kappa shape index (κ1) is 110. The summed E-state index contributed by atoms with van der Waals surface area (Å²) in [5.74, 6) is -0.769.